The zero-order valence-corrected chi connectivity index (χ0v) is 13.4. The second kappa shape index (κ2) is 6.90. The van der Waals surface area contributed by atoms with Gasteiger partial charge in [0.1, 0.15) is 25.1 Å². The lowest BCUT2D eigenvalue weighted by atomic mass is 10.2. The molecule has 3 aromatic heterocycles. The van der Waals surface area contributed by atoms with E-state index in [2.05, 4.69) is 35.2 Å². The molecular weight excluding hydrogens is 353 g/mol. The van der Waals surface area contributed by atoms with Gasteiger partial charge in [-0.2, -0.15) is 18.2 Å². The number of nitrogens with zero attached hydrogens (tertiary/aromatic N) is 4. The van der Waals surface area contributed by atoms with Gasteiger partial charge in [0.15, 0.2) is 5.82 Å². The molecule has 0 fully saturated rings. The average Bonchev–Trinajstić information content (AvgIpc) is 3.03. The van der Waals surface area contributed by atoms with E-state index in [1.54, 1.807) is 17.7 Å². The summed E-state index contributed by atoms with van der Waals surface area (Å²) in [5.41, 5.74) is 1.29. The Morgan fingerprint density at radius 1 is 1.35 bits per heavy atom. The summed E-state index contributed by atoms with van der Waals surface area (Å²) in [5.74, 6) is -0.444. The molecule has 0 spiro atoms. The van der Waals surface area contributed by atoms with E-state index in [1.807, 2.05) is 0 Å². The Hall–Kier alpha value is -3.31. The molecule has 0 saturated carbocycles. The Kier molecular flexibility index (Phi) is 4.65. The summed E-state index contributed by atoms with van der Waals surface area (Å²) in [7, 11) is 0. The van der Waals surface area contributed by atoms with Crippen LogP contribution in [0.5, 0.6) is 0 Å². The van der Waals surface area contributed by atoms with Gasteiger partial charge in [-0.15, -0.1) is 0 Å². The van der Waals surface area contributed by atoms with Crippen molar-refractivity contribution in [2.45, 2.75) is 19.1 Å². The summed E-state index contributed by atoms with van der Waals surface area (Å²) < 4.78 is 36.5. The highest BCUT2D eigenvalue weighted by Crippen LogP contribution is 2.23. The molecule has 0 saturated heterocycles. The van der Waals surface area contributed by atoms with Crippen molar-refractivity contribution in [2.75, 3.05) is 11.9 Å². The van der Waals surface area contributed by atoms with Crippen LogP contribution < -0.4 is 15.6 Å². The molecule has 0 unspecified atom stereocenters. The predicted octanol–water partition coefficient (Wildman–Crippen LogP) is 0.708. The molecule has 0 aliphatic rings. The van der Waals surface area contributed by atoms with Gasteiger partial charge in [0.05, 0.1) is 10.9 Å². The van der Waals surface area contributed by atoms with Gasteiger partial charge >= 0.3 is 6.18 Å². The van der Waals surface area contributed by atoms with Gasteiger partial charge in [-0.1, -0.05) is 0 Å². The molecule has 3 aromatic rings. The molecule has 0 aliphatic heterocycles. The third-order valence-electron chi connectivity index (χ3n) is 3.41. The standard InChI is InChI=1S/C14H13F3N8O/c1-7(12(26)20-4-14(15,16)17)24-13-23-6-22-11(25-13)9-3-19-10-8(9)2-18-5-21-10/h2-3,5-7H,4H2,1H3,(H,20,26)(H,18,19,21)(H,22,23,24,25)/p+1/t7-/m1/s1. The molecule has 0 aliphatic carbocycles. The molecule has 3 rings (SSSR count). The number of fused-ring (bicyclic) bond motifs is 1. The maximum Gasteiger partial charge on any atom is 0.405 e. The second-order valence-corrected chi connectivity index (χ2v) is 5.37. The Labute approximate surface area is 144 Å². The maximum atomic E-state index is 12.2. The van der Waals surface area contributed by atoms with Crippen molar-refractivity contribution in [3.05, 3.63) is 25.0 Å². The molecule has 1 amide bonds. The molecule has 3 heterocycles. The normalized spacial score (nSPS) is 12.8. The fourth-order valence-corrected chi connectivity index (χ4v) is 2.18. The first-order valence-corrected chi connectivity index (χ1v) is 7.47. The minimum atomic E-state index is -4.48. The minimum absolute atomic E-state index is 0.0619. The number of hydrogen-bond acceptors (Lipinski definition) is 6. The number of aromatic nitrogens is 6. The van der Waals surface area contributed by atoms with E-state index in [0.29, 0.717) is 17.0 Å². The number of aromatic amines is 2. The minimum Gasteiger partial charge on any atom is -0.345 e. The largest absolute Gasteiger partial charge is 0.405 e. The SMILES string of the molecule is C[C@@H](Nc1ncnc(-c2c[nH]c3nc[nH+]cc23)n1)C(=O)NCC(F)(F)F. The van der Waals surface area contributed by atoms with Gasteiger partial charge in [0.25, 0.3) is 12.0 Å². The van der Waals surface area contributed by atoms with Crippen LogP contribution in [0.15, 0.2) is 25.0 Å². The zero-order valence-electron chi connectivity index (χ0n) is 13.4. The van der Waals surface area contributed by atoms with Crippen molar-refractivity contribution in [2.24, 2.45) is 0 Å². The molecule has 0 bridgehead atoms. The Morgan fingerprint density at radius 3 is 2.92 bits per heavy atom. The van der Waals surface area contributed by atoms with Crippen LogP contribution in [0.4, 0.5) is 19.1 Å². The van der Waals surface area contributed by atoms with Gasteiger partial charge in [-0.25, -0.2) is 15.0 Å². The first-order valence-electron chi connectivity index (χ1n) is 7.47. The van der Waals surface area contributed by atoms with Crippen molar-refractivity contribution in [1.82, 2.24) is 30.2 Å². The first-order chi connectivity index (χ1) is 12.3. The van der Waals surface area contributed by atoms with E-state index in [0.717, 1.165) is 5.39 Å². The Morgan fingerprint density at radius 2 is 2.15 bits per heavy atom. The predicted molar refractivity (Wildman–Crippen MR) is 83.6 cm³/mol. The van der Waals surface area contributed by atoms with E-state index in [4.69, 9.17) is 0 Å². The number of carbonyl (C=O) groups is 1. The number of amides is 1. The Balaban J connectivity index is 1.74. The topological polar surface area (TPSA) is 123 Å². The van der Waals surface area contributed by atoms with Gasteiger partial charge in [-0.05, 0) is 11.9 Å². The third kappa shape index (κ3) is 4.02. The highest BCUT2D eigenvalue weighted by molar-refractivity contribution is 5.90. The van der Waals surface area contributed by atoms with Crippen molar-refractivity contribution >= 4 is 22.9 Å². The number of H-pyrrole nitrogens is 2. The second-order valence-electron chi connectivity index (χ2n) is 5.37. The number of carbonyl (C=O) groups excluding carboxylic acids is 1. The molecule has 0 aromatic carbocycles. The summed E-state index contributed by atoms with van der Waals surface area (Å²) in [6, 6.07) is -0.967. The van der Waals surface area contributed by atoms with E-state index in [1.165, 1.54) is 19.6 Å². The van der Waals surface area contributed by atoms with Crippen LogP contribution in [0.3, 0.4) is 0 Å². The van der Waals surface area contributed by atoms with Gasteiger partial charge in [-0.3, -0.25) is 4.79 Å². The molecule has 136 valence electrons. The summed E-state index contributed by atoms with van der Waals surface area (Å²) in [5, 5.41) is 5.20. The number of hydrogen-bond donors (Lipinski definition) is 3. The number of rotatable bonds is 5. The lowest BCUT2D eigenvalue weighted by molar-refractivity contribution is -0.380. The van der Waals surface area contributed by atoms with E-state index < -0.39 is 24.7 Å². The molecule has 12 heteroatoms. The summed E-state index contributed by atoms with van der Waals surface area (Å²) >= 11 is 0. The Bertz CT molecular complexity index is 926. The van der Waals surface area contributed by atoms with Crippen LogP contribution in [0.2, 0.25) is 0 Å². The van der Waals surface area contributed by atoms with E-state index in [9.17, 15) is 18.0 Å². The zero-order chi connectivity index (χ0) is 18.7. The number of anilines is 1. The van der Waals surface area contributed by atoms with Crippen LogP contribution in [-0.4, -0.2) is 49.6 Å². The lowest BCUT2D eigenvalue weighted by Gasteiger charge is -2.15. The highest BCUT2D eigenvalue weighted by Gasteiger charge is 2.28. The molecule has 4 N–H and O–H groups in total. The molecule has 26 heavy (non-hydrogen) atoms. The number of alkyl halides is 3. The summed E-state index contributed by atoms with van der Waals surface area (Å²) in [6.07, 6.45) is 1.67. The lowest BCUT2D eigenvalue weighted by Crippen LogP contribution is -2.42. The van der Waals surface area contributed by atoms with Crippen LogP contribution in [0.25, 0.3) is 22.4 Å². The highest BCUT2D eigenvalue weighted by atomic mass is 19.4. The molecule has 1 atom stereocenters. The third-order valence-corrected chi connectivity index (χ3v) is 3.41. The fourth-order valence-electron chi connectivity index (χ4n) is 2.18. The maximum absolute atomic E-state index is 12.2. The van der Waals surface area contributed by atoms with E-state index >= 15 is 0 Å². The monoisotopic (exact) mass is 367 g/mol. The van der Waals surface area contributed by atoms with Crippen molar-refractivity contribution < 1.29 is 22.9 Å². The number of halogens is 3. The number of nitrogens with one attached hydrogen (secondary N) is 4. The first kappa shape index (κ1) is 17.5. The van der Waals surface area contributed by atoms with Gasteiger partial charge < -0.3 is 15.6 Å². The van der Waals surface area contributed by atoms with Gasteiger partial charge in [0, 0.05) is 6.20 Å². The summed E-state index contributed by atoms with van der Waals surface area (Å²) in [6.45, 7) is -0.00110. The average molecular weight is 367 g/mol. The van der Waals surface area contributed by atoms with Crippen LogP contribution in [-0.2, 0) is 4.79 Å². The van der Waals surface area contributed by atoms with Crippen molar-refractivity contribution in [3.63, 3.8) is 0 Å². The quantitative estimate of drug-likeness (QED) is 0.610. The van der Waals surface area contributed by atoms with Gasteiger partial charge in [0.2, 0.25) is 11.9 Å². The van der Waals surface area contributed by atoms with Crippen LogP contribution >= 0.6 is 0 Å². The van der Waals surface area contributed by atoms with Crippen LogP contribution in [0, 0.1) is 0 Å². The van der Waals surface area contributed by atoms with Crippen LogP contribution in [0.1, 0.15) is 6.92 Å². The van der Waals surface area contributed by atoms with Crippen molar-refractivity contribution in [3.8, 4) is 11.4 Å². The summed E-state index contributed by atoms with van der Waals surface area (Å²) in [4.78, 5) is 33.8. The van der Waals surface area contributed by atoms with E-state index in [-0.39, 0.29) is 5.95 Å². The smallest absolute Gasteiger partial charge is 0.345 e. The fraction of sp³-hybridized carbons (Fsp3) is 0.286. The molecule has 9 nitrogen and oxygen atoms in total. The molecular formula is C14H14F3N8O+. The van der Waals surface area contributed by atoms with Crippen molar-refractivity contribution in [1.29, 1.82) is 0 Å². The molecule has 0 radical (unpaired) electrons.